The lowest BCUT2D eigenvalue weighted by Crippen LogP contribution is -2.26. The Kier molecular flexibility index (Phi) is 5.95. The number of rotatable bonds is 2. The third-order valence-electron chi connectivity index (χ3n) is 3.94. The molecule has 0 aliphatic heterocycles. The third kappa shape index (κ3) is 3.98. The first-order chi connectivity index (χ1) is 13.7. The number of anilines is 2. The number of nitrogens with zero attached hydrogens (tertiary/aromatic N) is 3. The second-order valence-corrected chi connectivity index (χ2v) is 5.63. The average molecular weight is 378 g/mol. The second kappa shape index (κ2) is 8.76. The highest BCUT2D eigenvalue weighted by Crippen LogP contribution is 2.24. The Hall–Kier alpha value is -3.75. The van der Waals surface area contributed by atoms with Crippen LogP contribution in [0.15, 0.2) is 73.1 Å². The number of pyridine rings is 2. The summed E-state index contributed by atoms with van der Waals surface area (Å²) in [6, 6.07) is 18.2. The van der Waals surface area contributed by atoms with E-state index in [-0.39, 0.29) is 0 Å². The highest BCUT2D eigenvalue weighted by atomic mass is 16.6. The van der Waals surface area contributed by atoms with Crippen molar-refractivity contribution >= 4 is 39.3 Å². The van der Waals surface area contributed by atoms with Gasteiger partial charge in [0.1, 0.15) is 5.69 Å². The van der Waals surface area contributed by atoms with E-state index in [9.17, 15) is 10.0 Å². The minimum atomic E-state index is -0.849. The van der Waals surface area contributed by atoms with Gasteiger partial charge >= 0.3 is 6.09 Å². The Morgan fingerprint density at radius 1 is 0.929 bits per heavy atom. The maximum atomic E-state index is 11.2. The fraction of sp³-hybridized carbons (Fsp3) is 0.0500. The molecule has 2 aromatic carbocycles. The summed E-state index contributed by atoms with van der Waals surface area (Å²) in [5.41, 5.74) is 4.36. The van der Waals surface area contributed by atoms with Crippen LogP contribution in [0.25, 0.3) is 21.8 Å². The van der Waals surface area contributed by atoms with Crippen LogP contribution in [-0.4, -0.2) is 33.6 Å². The van der Waals surface area contributed by atoms with Crippen LogP contribution in [-0.2, 0) is 4.74 Å². The van der Waals surface area contributed by atoms with Gasteiger partial charge in [0.15, 0.2) is 0 Å². The molecule has 0 atom stereocenters. The van der Waals surface area contributed by atoms with Gasteiger partial charge in [0, 0.05) is 23.2 Å². The van der Waals surface area contributed by atoms with Gasteiger partial charge in [0.05, 0.1) is 23.8 Å². The summed E-state index contributed by atoms with van der Waals surface area (Å²) in [5.74, 6) is 0. The fourth-order valence-electron chi connectivity index (χ4n) is 2.64. The van der Waals surface area contributed by atoms with Crippen molar-refractivity contribution in [3.63, 3.8) is 0 Å². The number of aromatic nitrogens is 2. The zero-order chi connectivity index (χ0) is 19.9. The molecule has 0 bridgehead atoms. The maximum absolute atomic E-state index is 11.2. The van der Waals surface area contributed by atoms with Gasteiger partial charge in [-0.05, 0) is 24.3 Å². The number of carbonyl (C=O) groups is 1. The van der Waals surface area contributed by atoms with Crippen LogP contribution in [0.3, 0.4) is 0 Å². The van der Waals surface area contributed by atoms with Crippen LogP contribution in [0.2, 0.25) is 0 Å². The molecular weight excluding hydrogens is 360 g/mol. The molecule has 3 N–H and O–H groups in total. The molecule has 0 spiro atoms. The molecule has 4 aromatic rings. The van der Waals surface area contributed by atoms with Crippen LogP contribution < -0.4 is 10.5 Å². The molecule has 1 amide bonds. The molecule has 2 heterocycles. The van der Waals surface area contributed by atoms with Gasteiger partial charge in [-0.1, -0.05) is 36.4 Å². The predicted octanol–water partition coefficient (Wildman–Crippen LogP) is 4.23. The van der Waals surface area contributed by atoms with E-state index >= 15 is 0 Å². The maximum Gasteiger partial charge on any atom is 0.438 e. The summed E-state index contributed by atoms with van der Waals surface area (Å²) in [6.45, 7) is 0. The van der Waals surface area contributed by atoms with Crippen LogP contribution in [0.4, 0.5) is 16.2 Å². The highest BCUT2D eigenvalue weighted by Gasteiger charge is 2.16. The van der Waals surface area contributed by atoms with Gasteiger partial charge in [-0.2, -0.15) is 5.06 Å². The smallest absolute Gasteiger partial charge is 0.438 e. The van der Waals surface area contributed by atoms with E-state index in [1.807, 2.05) is 36.4 Å². The Morgan fingerprint density at radius 3 is 2.14 bits per heavy atom. The summed E-state index contributed by atoms with van der Waals surface area (Å²) in [7, 11) is 1.20. The number of hydrogen-bond acceptors (Lipinski definition) is 7. The standard InChI is InChI=1S/C11H10N2O3.C9H8N2O/c1-16-11(14)13(15)9-6-2-4-8-5-3-7-12-10(8)9;12-11-8-5-1-3-7-4-2-6-10-9(7)8/h2-7,15H,1H3;1-6,11-12H. The molecule has 2 aromatic heterocycles. The number of amides is 1. The number of fused-ring (bicyclic) bond motifs is 2. The Balaban J connectivity index is 0.000000167. The van der Waals surface area contributed by atoms with Crippen molar-refractivity contribution in [1.82, 2.24) is 9.97 Å². The SMILES string of the molecule is COC(=O)N(O)c1cccc2cccnc12.ONc1cccc2cccnc12. The van der Waals surface area contributed by atoms with Crippen molar-refractivity contribution in [2.24, 2.45) is 0 Å². The molecule has 0 saturated heterocycles. The summed E-state index contributed by atoms with van der Waals surface area (Å²) < 4.78 is 4.42. The molecule has 0 fully saturated rings. The lowest BCUT2D eigenvalue weighted by atomic mass is 10.2. The van der Waals surface area contributed by atoms with Crippen molar-refractivity contribution in [2.75, 3.05) is 17.7 Å². The molecular formula is C20H18N4O4. The van der Waals surface area contributed by atoms with Crippen molar-refractivity contribution in [3.8, 4) is 0 Å². The normalized spacial score (nSPS) is 10.1. The van der Waals surface area contributed by atoms with Crippen molar-refractivity contribution < 1.29 is 19.9 Å². The quantitative estimate of drug-likeness (QED) is 0.354. The van der Waals surface area contributed by atoms with Gasteiger partial charge in [-0.25, -0.2) is 4.79 Å². The molecule has 8 nitrogen and oxygen atoms in total. The largest absolute Gasteiger partial charge is 0.451 e. The first kappa shape index (κ1) is 19.0. The Labute approximate surface area is 160 Å². The molecule has 0 radical (unpaired) electrons. The molecule has 4 rings (SSSR count). The lowest BCUT2D eigenvalue weighted by molar-refractivity contribution is 0.141. The number of hydrogen-bond donors (Lipinski definition) is 3. The number of nitrogens with one attached hydrogen (secondary N) is 1. The highest BCUT2D eigenvalue weighted by molar-refractivity contribution is 5.97. The Morgan fingerprint density at radius 2 is 1.50 bits per heavy atom. The number of benzene rings is 2. The lowest BCUT2D eigenvalue weighted by Gasteiger charge is -2.14. The number of methoxy groups -OCH3 is 1. The first-order valence-electron chi connectivity index (χ1n) is 8.30. The van der Waals surface area contributed by atoms with E-state index in [0.29, 0.717) is 22.0 Å². The molecule has 0 aliphatic carbocycles. The Bertz CT molecular complexity index is 1090. The topological polar surface area (TPSA) is 108 Å². The van der Waals surface area contributed by atoms with Crippen molar-refractivity contribution in [3.05, 3.63) is 73.1 Å². The summed E-state index contributed by atoms with van der Waals surface area (Å²) in [4.78, 5) is 19.4. The van der Waals surface area contributed by atoms with E-state index in [0.717, 1.165) is 16.3 Å². The van der Waals surface area contributed by atoms with Crippen LogP contribution in [0.5, 0.6) is 0 Å². The first-order valence-corrected chi connectivity index (χ1v) is 8.30. The van der Waals surface area contributed by atoms with E-state index in [1.165, 1.54) is 7.11 Å². The third-order valence-corrected chi connectivity index (χ3v) is 3.94. The van der Waals surface area contributed by atoms with E-state index in [1.54, 1.807) is 36.7 Å². The van der Waals surface area contributed by atoms with Crippen molar-refractivity contribution in [1.29, 1.82) is 0 Å². The summed E-state index contributed by atoms with van der Waals surface area (Å²) in [6.07, 6.45) is 2.44. The van der Waals surface area contributed by atoms with Crippen molar-refractivity contribution in [2.45, 2.75) is 0 Å². The zero-order valence-corrected chi connectivity index (χ0v) is 15.0. The van der Waals surface area contributed by atoms with Gasteiger partial charge in [-0.15, -0.1) is 0 Å². The van der Waals surface area contributed by atoms with Gasteiger partial charge in [-0.3, -0.25) is 25.9 Å². The summed E-state index contributed by atoms with van der Waals surface area (Å²) in [5, 5.41) is 20.6. The van der Waals surface area contributed by atoms with E-state index in [2.05, 4.69) is 20.2 Å². The summed E-state index contributed by atoms with van der Waals surface area (Å²) >= 11 is 0. The average Bonchev–Trinajstić information content (AvgIpc) is 2.77. The predicted molar refractivity (Wildman–Crippen MR) is 106 cm³/mol. The van der Waals surface area contributed by atoms with Crippen LogP contribution in [0, 0.1) is 0 Å². The minimum Gasteiger partial charge on any atom is -0.451 e. The monoisotopic (exact) mass is 378 g/mol. The molecule has 0 unspecified atom stereocenters. The molecule has 0 saturated carbocycles. The number of hydroxylamine groups is 1. The molecule has 142 valence electrons. The van der Waals surface area contributed by atoms with Gasteiger partial charge in [0.2, 0.25) is 0 Å². The van der Waals surface area contributed by atoms with Gasteiger partial charge in [0.25, 0.3) is 0 Å². The molecule has 8 heteroatoms. The van der Waals surface area contributed by atoms with Crippen LogP contribution in [0.1, 0.15) is 0 Å². The fourth-order valence-corrected chi connectivity index (χ4v) is 2.64. The zero-order valence-electron chi connectivity index (χ0n) is 15.0. The van der Waals surface area contributed by atoms with E-state index < -0.39 is 6.09 Å². The number of para-hydroxylation sites is 2. The molecule has 0 aliphatic rings. The van der Waals surface area contributed by atoms with Crippen LogP contribution >= 0.6 is 0 Å². The van der Waals surface area contributed by atoms with E-state index in [4.69, 9.17) is 5.21 Å². The second-order valence-electron chi connectivity index (χ2n) is 5.63. The number of carbonyl (C=O) groups excluding carboxylic acids is 1. The van der Waals surface area contributed by atoms with Gasteiger partial charge < -0.3 is 4.74 Å². The number of ether oxygens (including phenoxy) is 1. The molecule has 28 heavy (non-hydrogen) atoms. The minimum absolute atomic E-state index is 0.296.